The van der Waals surface area contributed by atoms with Crippen molar-refractivity contribution in [1.82, 2.24) is 10.2 Å². The third-order valence-electron chi connectivity index (χ3n) is 5.31. The van der Waals surface area contributed by atoms with E-state index < -0.39 is 9.84 Å². The fourth-order valence-electron chi connectivity index (χ4n) is 4.12. The number of rotatable bonds is 3. The molecule has 0 aromatic rings. The van der Waals surface area contributed by atoms with E-state index in [0.29, 0.717) is 13.1 Å². The minimum Gasteiger partial charge on any atom is -0.338 e. The van der Waals surface area contributed by atoms with E-state index in [2.05, 4.69) is 5.32 Å². The maximum atomic E-state index is 12.0. The van der Waals surface area contributed by atoms with Crippen LogP contribution in [0, 0.1) is 17.8 Å². The lowest BCUT2D eigenvalue weighted by atomic mass is 9.86. The van der Waals surface area contributed by atoms with E-state index in [1.807, 2.05) is 0 Å². The molecule has 1 N–H and O–H groups in total. The molecular formula is C14H24N2O3S. The predicted molar refractivity (Wildman–Crippen MR) is 77.2 cm³/mol. The fourth-order valence-corrected chi connectivity index (χ4v) is 5.32. The van der Waals surface area contributed by atoms with Gasteiger partial charge in [-0.15, -0.1) is 0 Å². The van der Waals surface area contributed by atoms with Crippen molar-refractivity contribution in [3.05, 3.63) is 0 Å². The van der Waals surface area contributed by atoms with Gasteiger partial charge in [0.05, 0.1) is 11.5 Å². The summed E-state index contributed by atoms with van der Waals surface area (Å²) < 4.78 is 22.6. The van der Waals surface area contributed by atoms with Gasteiger partial charge in [-0.2, -0.15) is 0 Å². The zero-order valence-electron chi connectivity index (χ0n) is 11.9. The summed E-state index contributed by atoms with van der Waals surface area (Å²) in [5, 5.41) is 2.96. The van der Waals surface area contributed by atoms with Crippen LogP contribution < -0.4 is 5.32 Å². The summed E-state index contributed by atoms with van der Waals surface area (Å²) in [5.74, 6) is 2.86. The number of urea groups is 1. The lowest BCUT2D eigenvalue weighted by Crippen LogP contribution is -2.48. The minimum absolute atomic E-state index is 0.0944. The Morgan fingerprint density at radius 3 is 2.50 bits per heavy atom. The molecule has 0 unspecified atom stereocenters. The standard InChI is InChI=1S/C14H24N2O3S/c17-14(16-5-7-20(18,19)8-6-16)15-4-3-13-10-11-1-2-12(13)9-11/h11-13H,1-10H2,(H,15,17)/t11-,12-,13+/m0/s1. The average Bonchev–Trinajstić information content (AvgIpc) is 3.00. The molecular weight excluding hydrogens is 276 g/mol. The quantitative estimate of drug-likeness (QED) is 0.853. The van der Waals surface area contributed by atoms with E-state index >= 15 is 0 Å². The van der Waals surface area contributed by atoms with E-state index in [1.54, 1.807) is 4.90 Å². The molecule has 1 aliphatic heterocycles. The summed E-state index contributed by atoms with van der Waals surface area (Å²) in [5.41, 5.74) is 0. The molecule has 0 aromatic carbocycles. The van der Waals surface area contributed by atoms with Crippen molar-refractivity contribution in [2.24, 2.45) is 17.8 Å². The summed E-state index contributed by atoms with van der Waals surface area (Å²) in [4.78, 5) is 13.6. The fraction of sp³-hybridized carbons (Fsp3) is 0.929. The van der Waals surface area contributed by atoms with Crippen LogP contribution in [0.15, 0.2) is 0 Å². The van der Waals surface area contributed by atoms with Crippen LogP contribution in [0.3, 0.4) is 0 Å². The number of nitrogens with zero attached hydrogens (tertiary/aromatic N) is 1. The van der Waals surface area contributed by atoms with Crippen molar-refractivity contribution in [2.45, 2.75) is 32.1 Å². The van der Waals surface area contributed by atoms with E-state index in [-0.39, 0.29) is 17.5 Å². The molecule has 6 heteroatoms. The Balaban J connectivity index is 1.37. The molecule has 0 radical (unpaired) electrons. The number of carbonyl (C=O) groups excluding carboxylic acids is 1. The van der Waals surface area contributed by atoms with Gasteiger partial charge in [-0.05, 0) is 43.4 Å². The highest BCUT2D eigenvalue weighted by Gasteiger charge is 2.38. The summed E-state index contributed by atoms with van der Waals surface area (Å²) in [7, 11) is -2.91. The summed E-state index contributed by atoms with van der Waals surface area (Å²) >= 11 is 0. The van der Waals surface area contributed by atoms with Gasteiger partial charge in [0, 0.05) is 19.6 Å². The second-order valence-electron chi connectivity index (χ2n) is 6.59. The normalized spacial score (nSPS) is 35.2. The lowest BCUT2D eigenvalue weighted by molar-refractivity contribution is 0.200. The molecule has 3 aliphatic rings. The zero-order valence-corrected chi connectivity index (χ0v) is 12.7. The molecule has 3 fully saturated rings. The Morgan fingerprint density at radius 1 is 1.15 bits per heavy atom. The van der Waals surface area contributed by atoms with E-state index in [4.69, 9.17) is 0 Å². The first kappa shape index (κ1) is 14.2. The van der Waals surface area contributed by atoms with Gasteiger partial charge < -0.3 is 10.2 Å². The van der Waals surface area contributed by atoms with Gasteiger partial charge in [-0.1, -0.05) is 6.42 Å². The minimum atomic E-state index is -2.91. The Bertz CT molecular complexity index is 463. The first-order valence-corrected chi connectivity index (χ1v) is 9.59. The summed E-state index contributed by atoms with van der Waals surface area (Å²) in [6, 6.07) is -0.0944. The molecule has 3 atom stereocenters. The van der Waals surface area contributed by atoms with E-state index in [9.17, 15) is 13.2 Å². The van der Waals surface area contributed by atoms with Crippen molar-refractivity contribution in [1.29, 1.82) is 0 Å². The zero-order chi connectivity index (χ0) is 14.2. The maximum absolute atomic E-state index is 12.0. The smallest absolute Gasteiger partial charge is 0.317 e. The number of fused-ring (bicyclic) bond motifs is 2. The van der Waals surface area contributed by atoms with Crippen LogP contribution in [0.5, 0.6) is 0 Å². The Kier molecular flexibility index (Phi) is 3.93. The first-order valence-electron chi connectivity index (χ1n) is 7.77. The van der Waals surface area contributed by atoms with Gasteiger partial charge in [0.2, 0.25) is 0 Å². The van der Waals surface area contributed by atoms with Gasteiger partial charge >= 0.3 is 6.03 Å². The van der Waals surface area contributed by atoms with Crippen LogP contribution >= 0.6 is 0 Å². The predicted octanol–water partition coefficient (Wildman–Crippen LogP) is 1.25. The molecule has 2 saturated carbocycles. The highest BCUT2D eigenvalue weighted by Crippen LogP contribution is 2.49. The maximum Gasteiger partial charge on any atom is 0.317 e. The molecule has 2 amide bonds. The van der Waals surface area contributed by atoms with Crippen molar-refractivity contribution in [3.63, 3.8) is 0 Å². The van der Waals surface area contributed by atoms with Gasteiger partial charge in [-0.3, -0.25) is 0 Å². The monoisotopic (exact) mass is 300 g/mol. The van der Waals surface area contributed by atoms with Crippen LogP contribution in [0.2, 0.25) is 0 Å². The van der Waals surface area contributed by atoms with Crippen molar-refractivity contribution in [3.8, 4) is 0 Å². The molecule has 5 nitrogen and oxygen atoms in total. The van der Waals surface area contributed by atoms with Crippen LogP contribution in [-0.2, 0) is 9.84 Å². The van der Waals surface area contributed by atoms with Gasteiger partial charge in [0.15, 0.2) is 9.84 Å². The molecule has 0 spiro atoms. The number of hydrogen-bond acceptors (Lipinski definition) is 3. The largest absolute Gasteiger partial charge is 0.338 e. The van der Waals surface area contributed by atoms with E-state index in [0.717, 1.165) is 30.7 Å². The molecule has 114 valence electrons. The lowest BCUT2D eigenvalue weighted by Gasteiger charge is -2.27. The topological polar surface area (TPSA) is 66.5 Å². The van der Waals surface area contributed by atoms with Crippen molar-refractivity contribution >= 4 is 15.9 Å². The molecule has 2 bridgehead atoms. The molecule has 3 rings (SSSR count). The number of amides is 2. The number of carbonyl (C=O) groups is 1. The molecule has 2 aliphatic carbocycles. The Hall–Kier alpha value is -0.780. The Labute approximate surface area is 121 Å². The van der Waals surface area contributed by atoms with E-state index in [1.165, 1.54) is 25.7 Å². The third kappa shape index (κ3) is 3.10. The molecule has 1 saturated heterocycles. The van der Waals surface area contributed by atoms with Crippen molar-refractivity contribution < 1.29 is 13.2 Å². The van der Waals surface area contributed by atoms with Crippen LogP contribution in [0.4, 0.5) is 4.79 Å². The number of nitrogens with one attached hydrogen (secondary N) is 1. The molecule has 0 aromatic heterocycles. The first-order chi connectivity index (χ1) is 9.53. The highest BCUT2D eigenvalue weighted by molar-refractivity contribution is 7.91. The summed E-state index contributed by atoms with van der Waals surface area (Å²) in [6.07, 6.45) is 6.63. The number of hydrogen-bond donors (Lipinski definition) is 1. The van der Waals surface area contributed by atoms with Crippen LogP contribution in [-0.4, -0.2) is 50.5 Å². The third-order valence-corrected chi connectivity index (χ3v) is 6.92. The van der Waals surface area contributed by atoms with Crippen LogP contribution in [0.25, 0.3) is 0 Å². The second kappa shape index (κ2) is 5.54. The molecule has 20 heavy (non-hydrogen) atoms. The van der Waals surface area contributed by atoms with Gasteiger partial charge in [0.25, 0.3) is 0 Å². The molecule has 1 heterocycles. The van der Waals surface area contributed by atoms with Gasteiger partial charge in [0.1, 0.15) is 0 Å². The second-order valence-corrected chi connectivity index (χ2v) is 8.90. The SMILES string of the molecule is O=C(NCC[C@@H]1C[C@H]2CC[C@H]1C2)N1CCS(=O)(=O)CC1. The Morgan fingerprint density at radius 2 is 1.90 bits per heavy atom. The highest BCUT2D eigenvalue weighted by atomic mass is 32.2. The average molecular weight is 300 g/mol. The van der Waals surface area contributed by atoms with Crippen molar-refractivity contribution in [2.75, 3.05) is 31.1 Å². The van der Waals surface area contributed by atoms with Crippen LogP contribution in [0.1, 0.15) is 32.1 Å². The summed E-state index contributed by atoms with van der Waals surface area (Å²) in [6.45, 7) is 1.40. The number of sulfone groups is 1. The van der Waals surface area contributed by atoms with Gasteiger partial charge in [-0.25, -0.2) is 13.2 Å².